The van der Waals surface area contributed by atoms with Crippen LogP contribution in [0.3, 0.4) is 0 Å². The molecule has 12 heteroatoms. The number of amides is 1. The van der Waals surface area contributed by atoms with Gasteiger partial charge in [-0.3, -0.25) is 4.79 Å². The maximum atomic E-state index is 12.4. The minimum absolute atomic E-state index is 0.183. The summed E-state index contributed by atoms with van der Waals surface area (Å²) >= 11 is 0.939. The van der Waals surface area contributed by atoms with Crippen LogP contribution in [0.4, 0.5) is 0 Å². The number of carbonyl (C=O) groups is 1. The number of nitrogens with zero attached hydrogens (tertiary/aromatic N) is 3. The Labute approximate surface area is 151 Å². The van der Waals surface area contributed by atoms with Gasteiger partial charge in [0.05, 0.1) is 26.4 Å². The first-order chi connectivity index (χ1) is 11.6. The number of ether oxygens (including phenoxy) is 3. The van der Waals surface area contributed by atoms with Crippen LogP contribution in [0, 0.1) is 0 Å². The molecule has 0 bridgehead atoms. The molecule has 1 aromatic rings. The molecule has 1 amide bonds. The molecule has 0 aliphatic rings. The molecule has 142 valence electrons. The molecule has 1 heterocycles. The van der Waals surface area contributed by atoms with Crippen LogP contribution in [0.5, 0.6) is 11.8 Å². The van der Waals surface area contributed by atoms with Gasteiger partial charge in [-0.15, -0.1) is 0 Å². The Morgan fingerprint density at radius 3 is 2.12 bits per heavy atom. The Bertz CT molecular complexity index is 676. The third-order valence-corrected chi connectivity index (χ3v) is 5.74. The number of carbonyl (C=O) groups excluding carboxylic acids is 1. The largest absolute Gasteiger partial charge is 0.481 e. The fourth-order valence-corrected chi connectivity index (χ4v) is 3.14. The van der Waals surface area contributed by atoms with Crippen LogP contribution in [0.1, 0.15) is 6.92 Å². The number of hydrogen-bond acceptors (Lipinski definition) is 9. The smallest absolute Gasteiger partial charge is 0.303 e. The lowest BCUT2D eigenvalue weighted by molar-refractivity contribution is -0.120. The molecule has 0 spiro atoms. The summed E-state index contributed by atoms with van der Waals surface area (Å²) in [4.78, 5) is 20.7. The predicted molar refractivity (Wildman–Crippen MR) is 92.0 cm³/mol. The SMILES string of the molecule is COc1cc(OC)nc(SC(C(=O)NS(=O)(=O)N(C)C)C(C)OC)n1. The molecule has 0 aromatic carbocycles. The summed E-state index contributed by atoms with van der Waals surface area (Å²) < 4.78 is 42.0. The van der Waals surface area contributed by atoms with E-state index in [9.17, 15) is 13.2 Å². The van der Waals surface area contributed by atoms with Crippen molar-refractivity contribution in [3.05, 3.63) is 6.07 Å². The average Bonchev–Trinajstić information content (AvgIpc) is 2.57. The lowest BCUT2D eigenvalue weighted by Gasteiger charge is -2.22. The van der Waals surface area contributed by atoms with Gasteiger partial charge >= 0.3 is 10.2 Å². The third kappa shape index (κ3) is 5.99. The highest BCUT2D eigenvalue weighted by atomic mass is 32.2. The second kappa shape index (κ2) is 9.17. The van der Waals surface area contributed by atoms with Gasteiger partial charge in [0.1, 0.15) is 5.25 Å². The van der Waals surface area contributed by atoms with Crippen LogP contribution in [0.15, 0.2) is 11.2 Å². The molecule has 0 saturated heterocycles. The first kappa shape index (κ1) is 21.4. The van der Waals surface area contributed by atoms with Crippen molar-refractivity contribution in [2.24, 2.45) is 0 Å². The molecule has 0 fully saturated rings. The molecule has 0 radical (unpaired) electrons. The average molecular weight is 394 g/mol. The summed E-state index contributed by atoms with van der Waals surface area (Å²) in [6.45, 7) is 1.64. The molecular weight excluding hydrogens is 372 g/mol. The zero-order valence-electron chi connectivity index (χ0n) is 14.8. The molecule has 1 rings (SSSR count). The van der Waals surface area contributed by atoms with E-state index in [1.807, 2.05) is 4.72 Å². The normalized spacial score (nSPS) is 14.0. The number of nitrogens with one attached hydrogen (secondary N) is 1. The third-order valence-electron chi connectivity index (χ3n) is 3.08. The molecular formula is C13H22N4O6S2. The van der Waals surface area contributed by atoms with E-state index in [-0.39, 0.29) is 16.9 Å². The summed E-state index contributed by atoms with van der Waals surface area (Å²) in [5.74, 6) is -0.252. The highest BCUT2D eigenvalue weighted by Crippen LogP contribution is 2.27. The molecule has 25 heavy (non-hydrogen) atoms. The zero-order valence-corrected chi connectivity index (χ0v) is 16.5. The Kier molecular flexibility index (Phi) is 7.86. The standard InChI is InChI=1S/C13H22N4O6S2/c1-8(21-4)11(12(18)16-25(19,20)17(2)3)24-13-14-9(22-5)7-10(15-13)23-6/h7-8,11H,1-6H3,(H,16,18). The van der Waals surface area contributed by atoms with E-state index in [1.165, 1.54) is 41.5 Å². The number of methoxy groups -OCH3 is 3. The highest BCUT2D eigenvalue weighted by Gasteiger charge is 2.31. The van der Waals surface area contributed by atoms with Gasteiger partial charge in [-0.05, 0) is 6.92 Å². The van der Waals surface area contributed by atoms with Crippen molar-refractivity contribution >= 4 is 27.9 Å². The van der Waals surface area contributed by atoms with Gasteiger partial charge < -0.3 is 14.2 Å². The van der Waals surface area contributed by atoms with E-state index >= 15 is 0 Å². The fraction of sp³-hybridized carbons (Fsp3) is 0.615. The number of thioether (sulfide) groups is 1. The van der Waals surface area contributed by atoms with Crippen LogP contribution < -0.4 is 14.2 Å². The summed E-state index contributed by atoms with van der Waals surface area (Å²) in [7, 11) is 2.98. The Morgan fingerprint density at radius 1 is 1.20 bits per heavy atom. The van der Waals surface area contributed by atoms with Gasteiger partial charge in [0.2, 0.25) is 11.8 Å². The summed E-state index contributed by atoms with van der Waals surface area (Å²) in [6.07, 6.45) is -0.608. The van der Waals surface area contributed by atoms with Crippen LogP contribution in [0.25, 0.3) is 0 Å². The second-order valence-electron chi connectivity index (χ2n) is 4.97. The molecule has 1 N–H and O–H groups in total. The van der Waals surface area contributed by atoms with Gasteiger partial charge in [0.25, 0.3) is 5.91 Å². The van der Waals surface area contributed by atoms with Crippen molar-refractivity contribution in [3.8, 4) is 11.8 Å². The fourth-order valence-electron chi connectivity index (χ4n) is 1.52. The van der Waals surface area contributed by atoms with Crippen molar-refractivity contribution in [1.82, 2.24) is 19.0 Å². The van der Waals surface area contributed by atoms with Crippen LogP contribution in [-0.4, -0.2) is 75.4 Å². The van der Waals surface area contributed by atoms with Crippen molar-refractivity contribution < 1.29 is 27.4 Å². The quantitative estimate of drug-likeness (QED) is 0.452. The lowest BCUT2D eigenvalue weighted by atomic mass is 10.3. The minimum atomic E-state index is -3.93. The molecule has 1 aromatic heterocycles. The molecule has 0 saturated carbocycles. The monoisotopic (exact) mass is 394 g/mol. The topological polar surface area (TPSA) is 120 Å². The maximum absolute atomic E-state index is 12.4. The van der Waals surface area contributed by atoms with Gasteiger partial charge in [-0.1, -0.05) is 11.8 Å². The van der Waals surface area contributed by atoms with E-state index in [1.54, 1.807) is 6.92 Å². The van der Waals surface area contributed by atoms with Gasteiger partial charge in [0, 0.05) is 21.2 Å². The van der Waals surface area contributed by atoms with Crippen LogP contribution >= 0.6 is 11.8 Å². The Hall–Kier alpha value is -1.63. The van der Waals surface area contributed by atoms with E-state index in [2.05, 4.69) is 9.97 Å². The second-order valence-corrected chi connectivity index (χ2v) is 7.96. The minimum Gasteiger partial charge on any atom is -0.481 e. The van der Waals surface area contributed by atoms with Crippen molar-refractivity contribution in [1.29, 1.82) is 0 Å². The zero-order chi connectivity index (χ0) is 19.2. The van der Waals surface area contributed by atoms with Gasteiger partial charge in [-0.25, -0.2) is 4.72 Å². The molecule has 10 nitrogen and oxygen atoms in total. The summed E-state index contributed by atoms with van der Waals surface area (Å²) in [5.41, 5.74) is 0. The van der Waals surface area contributed by atoms with Gasteiger partial charge in [-0.2, -0.15) is 22.7 Å². The predicted octanol–water partition coefficient (Wildman–Crippen LogP) is -0.0880. The van der Waals surface area contributed by atoms with Gasteiger partial charge in [0.15, 0.2) is 5.16 Å². The Balaban J connectivity index is 3.10. The maximum Gasteiger partial charge on any atom is 0.303 e. The van der Waals surface area contributed by atoms with E-state index in [4.69, 9.17) is 14.2 Å². The highest BCUT2D eigenvalue weighted by molar-refractivity contribution is 8.00. The van der Waals surface area contributed by atoms with Crippen molar-refractivity contribution in [2.75, 3.05) is 35.4 Å². The first-order valence-corrected chi connectivity index (χ1v) is 9.37. The molecule has 0 aliphatic carbocycles. The van der Waals surface area contributed by atoms with Crippen LogP contribution in [-0.2, 0) is 19.7 Å². The van der Waals surface area contributed by atoms with E-state index < -0.39 is 27.5 Å². The molecule has 0 aliphatic heterocycles. The molecule has 2 atom stereocenters. The van der Waals surface area contributed by atoms with Crippen LogP contribution in [0.2, 0.25) is 0 Å². The number of hydrogen-bond donors (Lipinski definition) is 1. The summed E-state index contributed by atoms with van der Waals surface area (Å²) in [6, 6.07) is 1.48. The first-order valence-electron chi connectivity index (χ1n) is 7.05. The summed E-state index contributed by atoms with van der Waals surface area (Å²) in [5, 5.41) is -0.737. The van der Waals surface area contributed by atoms with E-state index in [0.29, 0.717) is 0 Å². The number of aromatic nitrogens is 2. The molecule has 2 unspecified atom stereocenters. The number of rotatable bonds is 9. The lowest BCUT2D eigenvalue weighted by Crippen LogP contribution is -2.46. The van der Waals surface area contributed by atoms with Crippen molar-refractivity contribution in [2.45, 2.75) is 23.4 Å². The van der Waals surface area contributed by atoms with E-state index in [0.717, 1.165) is 16.1 Å². The Morgan fingerprint density at radius 2 is 1.72 bits per heavy atom. The van der Waals surface area contributed by atoms with Crippen molar-refractivity contribution in [3.63, 3.8) is 0 Å².